The lowest BCUT2D eigenvalue weighted by atomic mass is 10.5. The number of hydrogen-bond acceptors (Lipinski definition) is 17. The van der Waals surface area contributed by atoms with E-state index in [0.717, 1.165) is 0 Å². The van der Waals surface area contributed by atoms with Crippen molar-refractivity contribution in [3.05, 3.63) is 11.9 Å². The lowest BCUT2D eigenvalue weighted by Crippen LogP contribution is -2.37. The van der Waals surface area contributed by atoms with E-state index in [2.05, 4.69) is 20.9 Å². The average molecular weight is 755 g/mol. The van der Waals surface area contributed by atoms with Crippen LogP contribution in [0.5, 0.6) is 0 Å². The van der Waals surface area contributed by atoms with E-state index in [1.165, 1.54) is 0 Å². The molecule has 0 fully saturated rings. The van der Waals surface area contributed by atoms with Crippen LogP contribution >= 0.6 is 0 Å². The highest BCUT2D eigenvalue weighted by atomic mass is 16.6. The number of carbonyl (C=O) groups is 2. The molecule has 2 amide bonds. The molecule has 0 aliphatic rings. The molecule has 20 heteroatoms. The average Bonchev–Trinajstić information content (AvgIpc) is 3.62. The predicted octanol–water partition coefficient (Wildman–Crippen LogP) is -1.22. The zero-order valence-corrected chi connectivity index (χ0v) is 30.8. The third-order valence-corrected chi connectivity index (χ3v) is 6.23. The number of ether oxygens (including phenoxy) is 12. The summed E-state index contributed by atoms with van der Waals surface area (Å²) < 4.78 is 66.5. The fourth-order valence-electron chi connectivity index (χ4n) is 3.64. The summed E-state index contributed by atoms with van der Waals surface area (Å²) in [6.07, 6.45) is 1.04. The van der Waals surface area contributed by atoms with Gasteiger partial charge in [0.2, 0.25) is 5.91 Å². The first-order valence-electron chi connectivity index (χ1n) is 17.8. The maximum atomic E-state index is 11.7. The van der Waals surface area contributed by atoms with Gasteiger partial charge >= 0.3 is 6.09 Å². The lowest BCUT2D eigenvalue weighted by Gasteiger charge is -2.09. The van der Waals surface area contributed by atoms with Gasteiger partial charge in [-0.25, -0.2) is 9.48 Å². The number of nitrogens with one attached hydrogen (secondary N) is 2. The number of rotatable bonds is 40. The maximum absolute atomic E-state index is 11.7. The van der Waals surface area contributed by atoms with Crippen molar-refractivity contribution in [2.75, 3.05) is 165 Å². The van der Waals surface area contributed by atoms with Crippen LogP contribution in [0, 0.1) is 0 Å². The summed E-state index contributed by atoms with van der Waals surface area (Å²) in [7, 11) is 0. The molecule has 304 valence electrons. The minimum Gasteiger partial charge on any atom is -0.443 e. The van der Waals surface area contributed by atoms with Crippen molar-refractivity contribution >= 4 is 12.0 Å². The number of nitrogens with two attached hydrogens (primary N) is 1. The monoisotopic (exact) mass is 754 g/mol. The summed E-state index contributed by atoms with van der Waals surface area (Å²) in [6.45, 7) is 13.9. The molecule has 20 nitrogen and oxygen atoms in total. The largest absolute Gasteiger partial charge is 0.443 e. The van der Waals surface area contributed by atoms with Crippen molar-refractivity contribution < 1.29 is 66.4 Å². The van der Waals surface area contributed by atoms with E-state index in [1.54, 1.807) is 10.9 Å². The van der Waals surface area contributed by atoms with Gasteiger partial charge in [-0.15, -0.1) is 5.10 Å². The molecule has 52 heavy (non-hydrogen) atoms. The maximum Gasteiger partial charge on any atom is 0.407 e. The summed E-state index contributed by atoms with van der Waals surface area (Å²) in [5.74, 6) is -0.299. The fraction of sp³-hybridized carbons (Fsp3) is 0.875. The molecular formula is C32H62N6O14. The molecule has 0 spiro atoms. The minimum atomic E-state index is -0.624. The van der Waals surface area contributed by atoms with E-state index in [0.29, 0.717) is 158 Å². The van der Waals surface area contributed by atoms with Gasteiger partial charge in [-0.2, -0.15) is 0 Å². The Morgan fingerprint density at radius 3 is 1.33 bits per heavy atom. The Labute approximate surface area is 306 Å². The Bertz CT molecular complexity index is 936. The molecular weight excluding hydrogens is 692 g/mol. The van der Waals surface area contributed by atoms with Crippen LogP contribution in [0.25, 0.3) is 0 Å². The van der Waals surface area contributed by atoms with Crippen molar-refractivity contribution in [2.45, 2.75) is 20.1 Å². The van der Waals surface area contributed by atoms with Crippen LogP contribution in [0.2, 0.25) is 0 Å². The highest BCUT2D eigenvalue weighted by molar-refractivity contribution is 5.77. The smallest absolute Gasteiger partial charge is 0.407 e. The molecule has 0 unspecified atom stereocenters. The molecule has 0 radical (unpaired) electrons. The van der Waals surface area contributed by atoms with Crippen molar-refractivity contribution in [3.63, 3.8) is 0 Å². The second kappa shape index (κ2) is 38.1. The Morgan fingerprint density at radius 1 is 0.577 bits per heavy atom. The van der Waals surface area contributed by atoms with Crippen LogP contribution in [0.1, 0.15) is 12.6 Å². The zero-order valence-electron chi connectivity index (χ0n) is 30.8. The highest BCUT2D eigenvalue weighted by Crippen LogP contribution is 1.97. The topological polar surface area (TPSA) is 226 Å². The second-order valence-electron chi connectivity index (χ2n) is 10.4. The summed E-state index contributed by atoms with van der Waals surface area (Å²) in [5, 5.41) is 13.0. The first kappa shape index (κ1) is 47.4. The van der Waals surface area contributed by atoms with E-state index in [-0.39, 0.29) is 32.1 Å². The molecule has 0 saturated carbocycles. The van der Waals surface area contributed by atoms with Gasteiger partial charge in [0, 0.05) is 19.7 Å². The van der Waals surface area contributed by atoms with E-state index >= 15 is 0 Å². The molecule has 1 rings (SSSR count). The van der Waals surface area contributed by atoms with Crippen molar-refractivity contribution in [1.82, 2.24) is 25.6 Å². The van der Waals surface area contributed by atoms with Gasteiger partial charge in [0.15, 0.2) is 0 Å². The number of carbonyl (C=O) groups excluding carboxylic acids is 2. The number of aromatic nitrogens is 3. The van der Waals surface area contributed by atoms with Crippen molar-refractivity contribution in [3.8, 4) is 0 Å². The molecule has 4 N–H and O–H groups in total. The molecule has 0 aliphatic heterocycles. The Kier molecular flexibility index (Phi) is 34.8. The SMILES string of the molecule is CCOCCOCCOCCOCCOCCOCCOCCOCCOCCOCCOCCn1cc(COC(=O)NCCNC(=O)CN)nn1. The van der Waals surface area contributed by atoms with Gasteiger partial charge in [-0.05, 0) is 6.92 Å². The first-order chi connectivity index (χ1) is 25.7. The minimum absolute atomic E-state index is 0.0311. The quantitative estimate of drug-likeness (QED) is 0.0668. The fourth-order valence-corrected chi connectivity index (χ4v) is 3.64. The summed E-state index contributed by atoms with van der Waals surface area (Å²) >= 11 is 0. The van der Waals surface area contributed by atoms with E-state index in [1.807, 2.05) is 6.92 Å². The van der Waals surface area contributed by atoms with Crippen molar-refractivity contribution in [2.24, 2.45) is 5.73 Å². The number of nitrogens with zero attached hydrogens (tertiary/aromatic N) is 3. The predicted molar refractivity (Wildman–Crippen MR) is 185 cm³/mol. The third kappa shape index (κ3) is 33.3. The highest BCUT2D eigenvalue weighted by Gasteiger charge is 2.06. The van der Waals surface area contributed by atoms with Crippen LogP contribution in [0.3, 0.4) is 0 Å². The molecule has 1 aromatic heterocycles. The van der Waals surface area contributed by atoms with Gasteiger partial charge in [0.25, 0.3) is 0 Å². The number of amides is 2. The van der Waals surface area contributed by atoms with Crippen LogP contribution < -0.4 is 16.4 Å². The standard InChI is InChI=1S/C32H62N6O14/c1-2-41-7-8-43-11-12-45-15-16-47-19-20-49-23-24-51-26-25-50-22-21-48-18-17-46-14-13-44-10-9-42-6-5-38-28-30(36-37-38)29-52-32(40)35-4-3-34-31(39)27-33/h28H,2-27,29,33H2,1H3,(H,34,39)(H,35,40). The summed E-state index contributed by atoms with van der Waals surface area (Å²) in [5.41, 5.74) is 5.68. The molecule has 0 bridgehead atoms. The lowest BCUT2D eigenvalue weighted by molar-refractivity contribution is -0.119. The Balaban J connectivity index is 1.72. The van der Waals surface area contributed by atoms with Crippen molar-refractivity contribution in [1.29, 1.82) is 0 Å². The second-order valence-corrected chi connectivity index (χ2v) is 10.4. The van der Waals surface area contributed by atoms with Gasteiger partial charge in [0.05, 0.1) is 158 Å². The van der Waals surface area contributed by atoms with Gasteiger partial charge in [-0.3, -0.25) is 4.79 Å². The zero-order chi connectivity index (χ0) is 37.4. The molecule has 1 heterocycles. The van der Waals surface area contributed by atoms with E-state index < -0.39 is 6.09 Å². The van der Waals surface area contributed by atoms with Crippen LogP contribution in [-0.4, -0.2) is 192 Å². The normalized spacial score (nSPS) is 11.3. The van der Waals surface area contributed by atoms with Gasteiger partial charge in [-0.1, -0.05) is 5.21 Å². The molecule has 0 aliphatic carbocycles. The van der Waals surface area contributed by atoms with E-state index in [9.17, 15) is 9.59 Å². The number of hydrogen-bond donors (Lipinski definition) is 3. The number of alkyl carbamates (subject to hydrolysis) is 1. The van der Waals surface area contributed by atoms with Crippen LogP contribution in [0.15, 0.2) is 6.20 Å². The summed E-state index contributed by atoms with van der Waals surface area (Å²) in [4.78, 5) is 22.7. The molecule has 0 aromatic carbocycles. The van der Waals surface area contributed by atoms with Gasteiger partial charge < -0.3 is 73.2 Å². The first-order valence-corrected chi connectivity index (χ1v) is 17.8. The molecule has 0 saturated heterocycles. The van der Waals surface area contributed by atoms with Crippen LogP contribution in [0.4, 0.5) is 4.79 Å². The Hall–Kier alpha value is -2.60. The van der Waals surface area contributed by atoms with Gasteiger partial charge in [0.1, 0.15) is 12.3 Å². The summed E-state index contributed by atoms with van der Waals surface area (Å²) in [6, 6.07) is 0. The third-order valence-electron chi connectivity index (χ3n) is 6.23. The molecule has 0 atom stereocenters. The van der Waals surface area contributed by atoms with Crippen LogP contribution in [-0.2, 0) is 74.8 Å². The van der Waals surface area contributed by atoms with E-state index in [4.69, 9.17) is 62.6 Å². The molecule has 1 aromatic rings. The Morgan fingerprint density at radius 2 is 0.942 bits per heavy atom.